The molecule has 1 aliphatic rings. The number of amides is 2. The molecule has 1 N–H and O–H groups in total. The molecule has 2 aromatic carbocycles. The highest BCUT2D eigenvalue weighted by Crippen LogP contribution is 2.34. The van der Waals surface area contributed by atoms with E-state index in [1.54, 1.807) is 55.5 Å². The van der Waals surface area contributed by atoms with E-state index in [1.807, 2.05) is 0 Å². The summed E-state index contributed by atoms with van der Waals surface area (Å²) >= 11 is 12.2. The fourth-order valence-corrected chi connectivity index (χ4v) is 4.14. The minimum absolute atomic E-state index is 0.211. The number of aromatic nitrogens is 3. The van der Waals surface area contributed by atoms with Gasteiger partial charge in [-0.2, -0.15) is 0 Å². The van der Waals surface area contributed by atoms with E-state index >= 15 is 0 Å². The second kappa shape index (κ2) is 10.3. The van der Waals surface area contributed by atoms with E-state index in [0.717, 1.165) is 38.1 Å². The van der Waals surface area contributed by atoms with Crippen molar-refractivity contribution in [3.63, 3.8) is 0 Å². The number of anilines is 2. The molecule has 4 rings (SSSR count). The van der Waals surface area contributed by atoms with Crippen LogP contribution in [0.2, 0.25) is 10.0 Å². The van der Waals surface area contributed by atoms with E-state index in [2.05, 4.69) is 20.1 Å². The molecule has 0 saturated carbocycles. The lowest BCUT2D eigenvalue weighted by Gasteiger charge is -2.25. The Kier molecular flexibility index (Phi) is 7.25. The first kappa shape index (κ1) is 23.2. The molecule has 1 aromatic heterocycles. The summed E-state index contributed by atoms with van der Waals surface area (Å²) in [5, 5.41) is 12.4. The number of halogens is 2. The molecule has 0 atom stereocenters. The fourth-order valence-electron chi connectivity index (χ4n) is 3.84. The number of fused-ring (bicyclic) bond motifs is 1. The fraction of sp³-hybridized carbons (Fsp3) is 0.348. The number of nitrogens with one attached hydrogen (secondary N) is 1. The van der Waals surface area contributed by atoms with Crippen LogP contribution in [-0.4, -0.2) is 35.0 Å². The van der Waals surface area contributed by atoms with Crippen molar-refractivity contribution in [1.29, 1.82) is 0 Å². The predicted octanol–water partition coefficient (Wildman–Crippen LogP) is 5.57. The van der Waals surface area contributed by atoms with Gasteiger partial charge in [0, 0.05) is 24.7 Å². The third-order valence-electron chi connectivity index (χ3n) is 5.58. The SMILES string of the molecule is COc1ccc(N(Cc2nnc3n2CCCCC3)C(=O)Nc2ccc(Cl)c(Cl)c2)c(OC)c1. The number of aryl methyl sites for hydroxylation is 1. The van der Waals surface area contributed by atoms with E-state index in [0.29, 0.717) is 38.7 Å². The molecular weight excluding hydrogens is 465 g/mol. The normalized spacial score (nSPS) is 13.1. The largest absolute Gasteiger partial charge is 0.497 e. The van der Waals surface area contributed by atoms with Gasteiger partial charge in [0.05, 0.1) is 36.5 Å². The van der Waals surface area contributed by atoms with E-state index in [1.165, 1.54) is 0 Å². The van der Waals surface area contributed by atoms with Crippen LogP contribution in [0.5, 0.6) is 11.5 Å². The molecule has 0 aliphatic carbocycles. The average Bonchev–Trinajstić information content (AvgIpc) is 3.04. The zero-order valence-corrected chi connectivity index (χ0v) is 20.0. The number of methoxy groups -OCH3 is 2. The number of hydrogen-bond donors (Lipinski definition) is 1. The first-order valence-corrected chi connectivity index (χ1v) is 11.4. The van der Waals surface area contributed by atoms with Crippen LogP contribution in [0.15, 0.2) is 36.4 Å². The van der Waals surface area contributed by atoms with Gasteiger partial charge in [0.15, 0.2) is 5.82 Å². The van der Waals surface area contributed by atoms with Gasteiger partial charge in [-0.3, -0.25) is 4.90 Å². The summed E-state index contributed by atoms with van der Waals surface area (Å²) in [7, 11) is 3.13. The first-order chi connectivity index (χ1) is 16.0. The Morgan fingerprint density at radius 1 is 1.06 bits per heavy atom. The van der Waals surface area contributed by atoms with Crippen molar-refractivity contribution < 1.29 is 14.3 Å². The lowest BCUT2D eigenvalue weighted by atomic mass is 10.2. The topological polar surface area (TPSA) is 81.5 Å². The summed E-state index contributed by atoms with van der Waals surface area (Å²) in [6.07, 6.45) is 4.18. The van der Waals surface area contributed by atoms with Crippen molar-refractivity contribution in [2.75, 3.05) is 24.4 Å². The highest BCUT2D eigenvalue weighted by atomic mass is 35.5. The molecule has 0 bridgehead atoms. The summed E-state index contributed by atoms with van der Waals surface area (Å²) in [5.41, 5.74) is 1.09. The standard InChI is InChI=1S/C23H25Cl2N5O3/c1-32-16-8-10-19(20(13-16)33-2)30(23(31)26-15-7-9-17(24)18(25)12-15)14-22-28-27-21-6-4-3-5-11-29(21)22/h7-10,12-13H,3-6,11,14H2,1-2H3,(H,26,31). The molecule has 0 unspecified atom stereocenters. The Balaban J connectivity index is 1.70. The Bertz CT molecular complexity index is 1150. The minimum Gasteiger partial charge on any atom is -0.497 e. The molecule has 0 radical (unpaired) electrons. The van der Waals surface area contributed by atoms with Gasteiger partial charge in [-0.25, -0.2) is 4.79 Å². The molecule has 0 saturated heterocycles. The molecule has 10 heteroatoms. The van der Waals surface area contributed by atoms with Crippen LogP contribution >= 0.6 is 23.2 Å². The van der Waals surface area contributed by atoms with Crippen molar-refractivity contribution in [3.05, 3.63) is 58.1 Å². The van der Waals surface area contributed by atoms with Crippen LogP contribution < -0.4 is 19.7 Å². The van der Waals surface area contributed by atoms with Gasteiger partial charge < -0.3 is 19.4 Å². The second-order valence-electron chi connectivity index (χ2n) is 7.68. The number of hydrogen-bond acceptors (Lipinski definition) is 5. The molecule has 3 aromatic rings. The Labute approximate surface area is 202 Å². The molecule has 174 valence electrons. The summed E-state index contributed by atoms with van der Waals surface area (Å²) in [4.78, 5) is 15.1. The van der Waals surface area contributed by atoms with Crippen molar-refractivity contribution in [2.45, 2.75) is 38.8 Å². The Morgan fingerprint density at radius 2 is 1.91 bits per heavy atom. The van der Waals surface area contributed by atoms with Crippen molar-refractivity contribution >= 4 is 40.6 Å². The molecule has 0 spiro atoms. The maximum Gasteiger partial charge on any atom is 0.326 e. The number of carbonyl (C=O) groups excluding carboxylic acids is 1. The Morgan fingerprint density at radius 3 is 2.67 bits per heavy atom. The van der Waals surface area contributed by atoms with Crippen molar-refractivity contribution in [1.82, 2.24) is 14.8 Å². The van der Waals surface area contributed by atoms with E-state index in [-0.39, 0.29) is 12.6 Å². The zero-order valence-electron chi connectivity index (χ0n) is 18.5. The third-order valence-corrected chi connectivity index (χ3v) is 6.32. The Hall–Kier alpha value is -2.97. The quantitative estimate of drug-likeness (QED) is 0.489. The first-order valence-electron chi connectivity index (χ1n) is 10.7. The number of urea groups is 1. The summed E-state index contributed by atoms with van der Waals surface area (Å²) in [6.45, 7) is 1.04. The molecular formula is C23H25Cl2N5O3. The van der Waals surface area contributed by atoms with Crippen LogP contribution in [0.3, 0.4) is 0 Å². The second-order valence-corrected chi connectivity index (χ2v) is 8.49. The summed E-state index contributed by atoms with van der Waals surface area (Å²) in [6, 6.07) is 9.86. The lowest BCUT2D eigenvalue weighted by Crippen LogP contribution is -2.36. The van der Waals surface area contributed by atoms with Gasteiger partial charge in [0.1, 0.15) is 17.3 Å². The van der Waals surface area contributed by atoms with E-state index in [9.17, 15) is 4.79 Å². The smallest absolute Gasteiger partial charge is 0.326 e. The summed E-state index contributed by atoms with van der Waals surface area (Å²) < 4.78 is 13.0. The minimum atomic E-state index is -0.372. The van der Waals surface area contributed by atoms with Crippen LogP contribution in [0.1, 0.15) is 30.9 Å². The number of ether oxygens (including phenoxy) is 2. The van der Waals surface area contributed by atoms with E-state index in [4.69, 9.17) is 32.7 Å². The van der Waals surface area contributed by atoms with Gasteiger partial charge in [-0.05, 0) is 43.2 Å². The molecule has 33 heavy (non-hydrogen) atoms. The third kappa shape index (κ3) is 5.17. The van der Waals surface area contributed by atoms with Gasteiger partial charge >= 0.3 is 6.03 Å². The maximum absolute atomic E-state index is 13.5. The highest BCUT2D eigenvalue weighted by Gasteiger charge is 2.25. The number of benzene rings is 2. The highest BCUT2D eigenvalue weighted by molar-refractivity contribution is 6.42. The number of rotatable bonds is 6. The average molecular weight is 490 g/mol. The maximum atomic E-state index is 13.5. The monoisotopic (exact) mass is 489 g/mol. The van der Waals surface area contributed by atoms with E-state index < -0.39 is 0 Å². The molecule has 2 amide bonds. The predicted molar refractivity (Wildman–Crippen MR) is 129 cm³/mol. The van der Waals surface area contributed by atoms with Gasteiger partial charge in [-0.15, -0.1) is 10.2 Å². The zero-order chi connectivity index (χ0) is 23.4. The van der Waals surface area contributed by atoms with Crippen LogP contribution in [-0.2, 0) is 19.5 Å². The molecule has 2 heterocycles. The van der Waals surface area contributed by atoms with Crippen LogP contribution in [0.4, 0.5) is 16.2 Å². The molecule has 1 aliphatic heterocycles. The lowest BCUT2D eigenvalue weighted by molar-refractivity contribution is 0.256. The summed E-state index contributed by atoms with van der Waals surface area (Å²) in [5.74, 6) is 2.79. The number of nitrogens with zero attached hydrogens (tertiary/aromatic N) is 4. The van der Waals surface area contributed by atoms with Gasteiger partial charge in [-0.1, -0.05) is 29.6 Å². The van der Waals surface area contributed by atoms with Crippen LogP contribution in [0.25, 0.3) is 0 Å². The van der Waals surface area contributed by atoms with Crippen molar-refractivity contribution in [2.24, 2.45) is 0 Å². The van der Waals surface area contributed by atoms with Crippen molar-refractivity contribution in [3.8, 4) is 11.5 Å². The van der Waals surface area contributed by atoms with Gasteiger partial charge in [0.25, 0.3) is 0 Å². The van der Waals surface area contributed by atoms with Crippen LogP contribution in [0, 0.1) is 0 Å². The van der Waals surface area contributed by atoms with Gasteiger partial charge in [0.2, 0.25) is 0 Å². The molecule has 8 nitrogen and oxygen atoms in total. The molecule has 0 fully saturated rings. The number of carbonyl (C=O) groups is 1.